The summed E-state index contributed by atoms with van der Waals surface area (Å²) >= 11 is 3.04. The maximum absolute atomic E-state index is 13.2. The van der Waals surface area contributed by atoms with Crippen LogP contribution in [-0.2, 0) is 16.0 Å². The molecule has 2 heterocycles. The van der Waals surface area contributed by atoms with Gasteiger partial charge >= 0.3 is 0 Å². The van der Waals surface area contributed by atoms with Crippen molar-refractivity contribution in [3.63, 3.8) is 0 Å². The van der Waals surface area contributed by atoms with E-state index in [1.165, 1.54) is 16.9 Å². The van der Waals surface area contributed by atoms with Crippen molar-refractivity contribution in [1.82, 2.24) is 9.88 Å². The average Bonchev–Trinajstić information content (AvgIpc) is 3.34. The van der Waals surface area contributed by atoms with Gasteiger partial charge in [0, 0.05) is 35.9 Å². The smallest absolute Gasteiger partial charge is 0.257 e. The molecule has 3 N–H and O–H groups in total. The highest BCUT2D eigenvalue weighted by molar-refractivity contribution is 8.00. The van der Waals surface area contributed by atoms with Gasteiger partial charge in [-0.3, -0.25) is 19.7 Å². The van der Waals surface area contributed by atoms with Gasteiger partial charge in [-0.15, -0.1) is 11.8 Å². The van der Waals surface area contributed by atoms with Crippen molar-refractivity contribution in [2.24, 2.45) is 11.7 Å². The van der Waals surface area contributed by atoms with Gasteiger partial charge in [-0.25, -0.2) is 4.98 Å². The van der Waals surface area contributed by atoms with Crippen molar-refractivity contribution in [3.05, 3.63) is 76.5 Å². The SMILES string of the molecule is Cc1ccc(CSc2cnc(NC(=O)c3ccc(C(C)(C)C)cc3)s2)cc1C(=O)N1CCC(C(N)=O)CC1. The third-order valence-corrected chi connectivity index (χ3v) is 8.99. The molecule has 0 aliphatic carbocycles. The third kappa shape index (κ3) is 6.82. The second kappa shape index (κ2) is 11.7. The van der Waals surface area contributed by atoms with E-state index < -0.39 is 0 Å². The van der Waals surface area contributed by atoms with Crippen LogP contribution in [0.2, 0.25) is 0 Å². The van der Waals surface area contributed by atoms with E-state index in [2.05, 4.69) is 31.1 Å². The molecular formula is C29H34N4O3S2. The molecule has 0 radical (unpaired) electrons. The van der Waals surface area contributed by atoms with Crippen molar-refractivity contribution < 1.29 is 14.4 Å². The summed E-state index contributed by atoms with van der Waals surface area (Å²) in [6.45, 7) is 9.45. The molecule has 1 aromatic heterocycles. The van der Waals surface area contributed by atoms with Crippen LogP contribution in [0.15, 0.2) is 52.9 Å². The molecule has 4 rings (SSSR count). The lowest BCUT2D eigenvalue weighted by Gasteiger charge is -2.31. The Hall–Kier alpha value is -3.17. The zero-order valence-corrected chi connectivity index (χ0v) is 23.9. The Morgan fingerprint density at radius 3 is 2.42 bits per heavy atom. The van der Waals surface area contributed by atoms with Crippen LogP contribution in [0.5, 0.6) is 0 Å². The number of hydrogen-bond acceptors (Lipinski definition) is 6. The lowest BCUT2D eigenvalue weighted by atomic mass is 9.87. The summed E-state index contributed by atoms with van der Waals surface area (Å²) < 4.78 is 0.977. The van der Waals surface area contributed by atoms with E-state index in [-0.39, 0.29) is 29.1 Å². The Morgan fingerprint density at radius 2 is 1.79 bits per heavy atom. The molecule has 1 fully saturated rings. The first-order chi connectivity index (χ1) is 18.0. The normalized spacial score (nSPS) is 14.4. The molecule has 1 aliphatic rings. The Labute approximate surface area is 232 Å². The summed E-state index contributed by atoms with van der Waals surface area (Å²) in [7, 11) is 0. The van der Waals surface area contributed by atoms with Crippen LogP contribution in [0, 0.1) is 12.8 Å². The van der Waals surface area contributed by atoms with E-state index in [0.717, 1.165) is 15.3 Å². The van der Waals surface area contributed by atoms with E-state index in [1.807, 2.05) is 54.3 Å². The number of thioether (sulfide) groups is 1. The van der Waals surface area contributed by atoms with Gasteiger partial charge < -0.3 is 10.6 Å². The predicted octanol–water partition coefficient (Wildman–Crippen LogP) is 5.63. The van der Waals surface area contributed by atoms with Crippen LogP contribution in [-0.4, -0.2) is 40.7 Å². The van der Waals surface area contributed by atoms with E-state index in [9.17, 15) is 14.4 Å². The monoisotopic (exact) mass is 550 g/mol. The minimum atomic E-state index is -0.284. The summed E-state index contributed by atoms with van der Waals surface area (Å²) in [6, 6.07) is 13.6. The highest BCUT2D eigenvalue weighted by Crippen LogP contribution is 2.32. The fourth-order valence-corrected chi connectivity index (χ4v) is 6.17. The summed E-state index contributed by atoms with van der Waals surface area (Å²) in [5.74, 6) is 0.0565. The van der Waals surface area contributed by atoms with Gasteiger partial charge in [0.05, 0.1) is 10.4 Å². The van der Waals surface area contributed by atoms with Crippen LogP contribution < -0.4 is 11.1 Å². The largest absolute Gasteiger partial charge is 0.369 e. The number of thiazole rings is 1. The number of nitrogens with two attached hydrogens (primary N) is 1. The fourth-order valence-electron chi connectivity index (χ4n) is 4.36. The molecule has 200 valence electrons. The molecule has 0 bridgehead atoms. The lowest BCUT2D eigenvalue weighted by molar-refractivity contribution is -0.123. The van der Waals surface area contributed by atoms with E-state index >= 15 is 0 Å². The molecule has 0 saturated carbocycles. The summed E-state index contributed by atoms with van der Waals surface area (Å²) in [6.07, 6.45) is 2.99. The number of rotatable bonds is 7. The summed E-state index contributed by atoms with van der Waals surface area (Å²) in [5, 5.41) is 3.44. The average molecular weight is 551 g/mol. The molecule has 1 saturated heterocycles. The molecular weight excluding hydrogens is 516 g/mol. The minimum Gasteiger partial charge on any atom is -0.369 e. The molecule has 0 atom stereocenters. The highest BCUT2D eigenvalue weighted by atomic mass is 32.2. The van der Waals surface area contributed by atoms with Gasteiger partial charge in [-0.2, -0.15) is 0 Å². The first kappa shape index (κ1) is 27.9. The zero-order chi connectivity index (χ0) is 27.4. The number of aromatic nitrogens is 1. The number of likely N-dealkylation sites (tertiary alicyclic amines) is 1. The second-order valence-electron chi connectivity index (χ2n) is 10.7. The van der Waals surface area contributed by atoms with Crippen molar-refractivity contribution in [2.45, 2.75) is 55.9 Å². The molecule has 3 aromatic rings. The Kier molecular flexibility index (Phi) is 8.57. The van der Waals surface area contributed by atoms with Crippen LogP contribution in [0.4, 0.5) is 5.13 Å². The molecule has 7 nitrogen and oxygen atoms in total. The van der Waals surface area contributed by atoms with E-state index in [1.54, 1.807) is 18.0 Å². The number of nitrogens with zero attached hydrogens (tertiary/aromatic N) is 2. The van der Waals surface area contributed by atoms with Crippen LogP contribution >= 0.6 is 23.1 Å². The number of carbonyl (C=O) groups excluding carboxylic acids is 3. The fraction of sp³-hybridized carbons (Fsp3) is 0.379. The van der Waals surface area contributed by atoms with Crippen molar-refractivity contribution >= 4 is 46.0 Å². The standard InChI is InChI=1S/C29H34N4O3S2/c1-18-5-6-19(15-23(18)27(36)33-13-11-20(12-14-33)25(30)34)17-37-24-16-31-28(38-24)32-26(35)21-7-9-22(10-8-21)29(2,3)4/h5-10,15-16,20H,11-14,17H2,1-4H3,(H2,30,34)(H,31,32,35). The van der Waals surface area contributed by atoms with Crippen LogP contribution in [0.25, 0.3) is 0 Å². The van der Waals surface area contributed by atoms with Gasteiger partial charge in [0.2, 0.25) is 5.91 Å². The quantitative estimate of drug-likeness (QED) is 0.371. The Morgan fingerprint density at radius 1 is 1.11 bits per heavy atom. The lowest BCUT2D eigenvalue weighted by Crippen LogP contribution is -2.41. The number of benzene rings is 2. The maximum Gasteiger partial charge on any atom is 0.257 e. The highest BCUT2D eigenvalue weighted by Gasteiger charge is 2.27. The second-order valence-corrected chi connectivity index (χ2v) is 13.0. The first-order valence-electron chi connectivity index (χ1n) is 12.7. The third-order valence-electron chi connectivity index (χ3n) is 6.82. The molecule has 0 unspecified atom stereocenters. The minimum absolute atomic E-state index is 0.00408. The van der Waals surface area contributed by atoms with Crippen molar-refractivity contribution in [2.75, 3.05) is 18.4 Å². The van der Waals surface area contributed by atoms with Crippen LogP contribution in [0.3, 0.4) is 0 Å². The topological polar surface area (TPSA) is 105 Å². The number of aryl methyl sites for hydroxylation is 1. The van der Waals surface area contributed by atoms with Gasteiger partial charge in [0.15, 0.2) is 5.13 Å². The molecule has 3 amide bonds. The van der Waals surface area contributed by atoms with Crippen molar-refractivity contribution in [3.8, 4) is 0 Å². The van der Waals surface area contributed by atoms with Crippen LogP contribution in [0.1, 0.15) is 71.0 Å². The zero-order valence-electron chi connectivity index (χ0n) is 22.2. The Balaban J connectivity index is 1.34. The van der Waals surface area contributed by atoms with Crippen molar-refractivity contribution in [1.29, 1.82) is 0 Å². The summed E-state index contributed by atoms with van der Waals surface area (Å²) in [5.41, 5.74) is 9.89. The number of primary amides is 1. The van der Waals surface area contributed by atoms with Gasteiger partial charge in [-0.05, 0) is 60.1 Å². The molecule has 1 aliphatic heterocycles. The van der Waals surface area contributed by atoms with E-state index in [4.69, 9.17) is 5.73 Å². The molecule has 9 heteroatoms. The first-order valence-corrected chi connectivity index (χ1v) is 14.5. The van der Waals surface area contributed by atoms with Gasteiger partial charge in [-0.1, -0.05) is 56.4 Å². The Bertz CT molecular complexity index is 1320. The predicted molar refractivity (Wildman–Crippen MR) is 154 cm³/mol. The number of anilines is 1. The maximum atomic E-state index is 13.2. The van der Waals surface area contributed by atoms with Gasteiger partial charge in [0.1, 0.15) is 0 Å². The summed E-state index contributed by atoms with van der Waals surface area (Å²) in [4.78, 5) is 43.5. The molecule has 2 aromatic carbocycles. The number of nitrogens with one attached hydrogen (secondary N) is 1. The molecule has 38 heavy (non-hydrogen) atoms. The number of carbonyl (C=O) groups is 3. The number of hydrogen-bond donors (Lipinski definition) is 2. The number of piperidine rings is 1. The van der Waals surface area contributed by atoms with E-state index in [0.29, 0.717) is 47.9 Å². The van der Waals surface area contributed by atoms with Gasteiger partial charge in [0.25, 0.3) is 11.8 Å². The molecule has 0 spiro atoms. The number of amides is 3.